The highest BCUT2D eigenvalue weighted by atomic mass is 16.2. The topological polar surface area (TPSA) is 43.9 Å². The van der Waals surface area contributed by atoms with Crippen molar-refractivity contribution in [3.63, 3.8) is 0 Å². The van der Waals surface area contributed by atoms with Gasteiger partial charge in [0.2, 0.25) is 11.8 Å². The van der Waals surface area contributed by atoms with Gasteiger partial charge in [0.05, 0.1) is 0 Å². The van der Waals surface area contributed by atoms with E-state index in [9.17, 15) is 9.59 Å². The Morgan fingerprint density at radius 2 is 1.86 bits per heavy atom. The first kappa shape index (κ1) is 16.8. The molecule has 0 N–H and O–H groups in total. The largest absolute Gasteiger partial charge is 0.338 e. The number of carbonyl (C=O) groups is 2. The Kier molecular flexibility index (Phi) is 6.26. The number of piperazine rings is 1. The molecule has 2 fully saturated rings. The number of rotatable bonds is 5. The number of hydrogen-bond donors (Lipinski definition) is 0. The summed E-state index contributed by atoms with van der Waals surface area (Å²) >= 11 is 0. The molecule has 2 saturated heterocycles. The molecule has 0 spiro atoms. The zero-order valence-electron chi connectivity index (χ0n) is 13.6. The normalized spacial score (nSPS) is 22.6. The molecule has 22 heavy (non-hydrogen) atoms. The van der Waals surface area contributed by atoms with Crippen LogP contribution in [-0.2, 0) is 9.59 Å². The summed E-state index contributed by atoms with van der Waals surface area (Å²) in [6.45, 7) is 4.10. The highest BCUT2D eigenvalue weighted by molar-refractivity contribution is 5.88. The molecular weight excluding hydrogens is 278 g/mol. The number of nitrogens with zero attached hydrogens (tertiary/aromatic N) is 3. The van der Waals surface area contributed by atoms with Gasteiger partial charge in [-0.1, -0.05) is 0 Å². The third-order valence-electron chi connectivity index (χ3n) is 4.63. The first-order valence-corrected chi connectivity index (χ1v) is 8.33. The van der Waals surface area contributed by atoms with Gasteiger partial charge in [0.25, 0.3) is 0 Å². The Bertz CT molecular complexity index is 436. The van der Waals surface area contributed by atoms with Gasteiger partial charge < -0.3 is 14.7 Å². The average molecular weight is 305 g/mol. The van der Waals surface area contributed by atoms with E-state index in [1.165, 1.54) is 0 Å². The van der Waals surface area contributed by atoms with Gasteiger partial charge >= 0.3 is 0 Å². The second-order valence-corrected chi connectivity index (χ2v) is 6.28. The molecule has 0 saturated carbocycles. The van der Waals surface area contributed by atoms with E-state index in [2.05, 4.69) is 17.9 Å². The summed E-state index contributed by atoms with van der Waals surface area (Å²) in [7, 11) is 2.07. The molecule has 0 aromatic rings. The van der Waals surface area contributed by atoms with Crippen molar-refractivity contribution in [1.82, 2.24) is 14.7 Å². The molecule has 5 heteroatoms. The lowest BCUT2D eigenvalue weighted by Crippen LogP contribution is -2.53. The van der Waals surface area contributed by atoms with E-state index < -0.39 is 0 Å². The van der Waals surface area contributed by atoms with Crippen LogP contribution in [0.3, 0.4) is 0 Å². The van der Waals surface area contributed by atoms with Crippen molar-refractivity contribution in [3.8, 4) is 12.3 Å². The van der Waals surface area contributed by atoms with E-state index in [4.69, 9.17) is 6.42 Å². The Hall–Kier alpha value is -1.54. The van der Waals surface area contributed by atoms with Gasteiger partial charge in [0.15, 0.2) is 0 Å². The molecule has 5 nitrogen and oxygen atoms in total. The zero-order chi connectivity index (χ0) is 15.9. The molecule has 2 rings (SSSR count). The molecule has 1 atom stereocenters. The number of likely N-dealkylation sites (tertiary alicyclic amines) is 1. The molecular formula is C17H27N3O2. The number of terminal acetylenes is 1. The maximum atomic E-state index is 12.7. The van der Waals surface area contributed by atoms with Gasteiger partial charge in [-0.2, -0.15) is 0 Å². The highest BCUT2D eigenvalue weighted by Crippen LogP contribution is 2.21. The second-order valence-electron chi connectivity index (χ2n) is 6.28. The number of unbranched alkanes of at least 4 members (excludes halogenated alkanes) is 2. The summed E-state index contributed by atoms with van der Waals surface area (Å²) in [5.74, 6) is 2.85. The van der Waals surface area contributed by atoms with E-state index in [0.717, 1.165) is 64.8 Å². The average Bonchev–Trinajstić information content (AvgIpc) is 3.01. The number of carbonyl (C=O) groups excluding carboxylic acids is 2. The van der Waals surface area contributed by atoms with Crippen LogP contribution in [0.25, 0.3) is 0 Å². The van der Waals surface area contributed by atoms with Gasteiger partial charge in [-0.05, 0) is 32.7 Å². The fourth-order valence-corrected chi connectivity index (χ4v) is 3.21. The SMILES string of the molecule is C#CCCCCC(=O)N1CCCC1C(=O)N1CCN(C)CC1. The van der Waals surface area contributed by atoms with Crippen LogP contribution in [0.2, 0.25) is 0 Å². The van der Waals surface area contributed by atoms with Crippen LogP contribution in [0.1, 0.15) is 38.5 Å². The standard InChI is InChI=1S/C17H27N3O2/c1-3-4-5-6-9-16(21)20-10-7-8-15(20)17(22)19-13-11-18(2)12-14-19/h1,15H,4-14H2,2H3. The lowest BCUT2D eigenvalue weighted by Gasteiger charge is -2.35. The Labute approximate surface area is 133 Å². The van der Waals surface area contributed by atoms with Gasteiger partial charge in [-0.3, -0.25) is 9.59 Å². The predicted octanol–water partition coefficient (Wildman–Crippen LogP) is 0.945. The zero-order valence-corrected chi connectivity index (χ0v) is 13.6. The minimum Gasteiger partial charge on any atom is -0.338 e. The molecule has 2 amide bonds. The van der Waals surface area contributed by atoms with Crippen molar-refractivity contribution in [3.05, 3.63) is 0 Å². The summed E-state index contributed by atoms with van der Waals surface area (Å²) in [5, 5.41) is 0. The maximum absolute atomic E-state index is 12.7. The molecule has 0 aromatic carbocycles. The molecule has 0 radical (unpaired) electrons. The Morgan fingerprint density at radius 3 is 2.55 bits per heavy atom. The molecule has 0 aromatic heterocycles. The van der Waals surface area contributed by atoms with E-state index in [1.807, 2.05) is 4.90 Å². The van der Waals surface area contributed by atoms with E-state index in [0.29, 0.717) is 6.42 Å². The van der Waals surface area contributed by atoms with Crippen molar-refractivity contribution < 1.29 is 9.59 Å². The minimum atomic E-state index is -0.233. The first-order valence-electron chi connectivity index (χ1n) is 8.33. The van der Waals surface area contributed by atoms with Gasteiger partial charge in [-0.15, -0.1) is 12.3 Å². The van der Waals surface area contributed by atoms with Crippen LogP contribution in [0.5, 0.6) is 0 Å². The number of amides is 2. The highest BCUT2D eigenvalue weighted by Gasteiger charge is 2.36. The van der Waals surface area contributed by atoms with Crippen molar-refractivity contribution in [2.45, 2.75) is 44.6 Å². The fourth-order valence-electron chi connectivity index (χ4n) is 3.21. The van der Waals surface area contributed by atoms with Crippen LogP contribution in [0.4, 0.5) is 0 Å². The van der Waals surface area contributed by atoms with Crippen LogP contribution in [0.15, 0.2) is 0 Å². The van der Waals surface area contributed by atoms with E-state index in [-0.39, 0.29) is 17.9 Å². The predicted molar refractivity (Wildman–Crippen MR) is 86.1 cm³/mol. The molecule has 2 aliphatic rings. The van der Waals surface area contributed by atoms with Crippen molar-refractivity contribution in [2.75, 3.05) is 39.8 Å². The quantitative estimate of drug-likeness (QED) is 0.561. The summed E-state index contributed by atoms with van der Waals surface area (Å²) in [6, 6.07) is -0.233. The minimum absolute atomic E-state index is 0.113. The van der Waals surface area contributed by atoms with Crippen LogP contribution in [0, 0.1) is 12.3 Å². The van der Waals surface area contributed by atoms with Gasteiger partial charge in [0, 0.05) is 45.6 Å². The summed E-state index contributed by atoms with van der Waals surface area (Å²) < 4.78 is 0. The Balaban J connectivity index is 1.85. The molecule has 2 aliphatic heterocycles. The molecule has 1 unspecified atom stereocenters. The molecule has 2 heterocycles. The monoisotopic (exact) mass is 305 g/mol. The van der Waals surface area contributed by atoms with Crippen molar-refractivity contribution >= 4 is 11.8 Å². The third kappa shape index (κ3) is 4.23. The first-order chi connectivity index (χ1) is 10.6. The van der Waals surface area contributed by atoms with Gasteiger partial charge in [-0.25, -0.2) is 0 Å². The van der Waals surface area contributed by atoms with Crippen molar-refractivity contribution in [1.29, 1.82) is 0 Å². The molecule has 0 bridgehead atoms. The third-order valence-corrected chi connectivity index (χ3v) is 4.63. The number of likely N-dealkylation sites (N-methyl/N-ethyl adjacent to an activating group) is 1. The van der Waals surface area contributed by atoms with Crippen LogP contribution < -0.4 is 0 Å². The summed E-state index contributed by atoms with van der Waals surface area (Å²) in [6.07, 6.45) is 9.88. The van der Waals surface area contributed by atoms with E-state index in [1.54, 1.807) is 4.90 Å². The van der Waals surface area contributed by atoms with Crippen molar-refractivity contribution in [2.24, 2.45) is 0 Å². The van der Waals surface area contributed by atoms with Crippen LogP contribution in [-0.4, -0.2) is 72.3 Å². The summed E-state index contributed by atoms with van der Waals surface area (Å²) in [5.41, 5.74) is 0. The Morgan fingerprint density at radius 1 is 1.14 bits per heavy atom. The second kappa shape index (κ2) is 8.19. The molecule has 122 valence electrons. The van der Waals surface area contributed by atoms with Crippen LogP contribution >= 0.6 is 0 Å². The smallest absolute Gasteiger partial charge is 0.245 e. The fraction of sp³-hybridized carbons (Fsp3) is 0.765. The van der Waals surface area contributed by atoms with E-state index >= 15 is 0 Å². The molecule has 0 aliphatic carbocycles. The lowest BCUT2D eigenvalue weighted by atomic mass is 10.1. The number of hydrogen-bond acceptors (Lipinski definition) is 3. The van der Waals surface area contributed by atoms with Gasteiger partial charge in [0.1, 0.15) is 6.04 Å². The summed E-state index contributed by atoms with van der Waals surface area (Å²) in [4.78, 5) is 31.0. The maximum Gasteiger partial charge on any atom is 0.245 e. The lowest BCUT2D eigenvalue weighted by molar-refractivity contribution is -0.144.